The molecule has 1 aliphatic heterocycles. The highest BCUT2D eigenvalue weighted by molar-refractivity contribution is 5.91. The number of hydrogen-bond donors (Lipinski definition) is 1. The van der Waals surface area contributed by atoms with Gasteiger partial charge in [-0.05, 0) is 67.9 Å². The lowest BCUT2D eigenvalue weighted by atomic mass is 10.1. The molecule has 166 valence electrons. The zero-order chi connectivity index (χ0) is 22.1. The van der Waals surface area contributed by atoms with Gasteiger partial charge >= 0.3 is 0 Å². The topological polar surface area (TPSA) is 69.3 Å². The van der Waals surface area contributed by atoms with E-state index in [1.807, 2.05) is 30.3 Å². The second-order valence-electron chi connectivity index (χ2n) is 7.33. The highest BCUT2D eigenvalue weighted by Crippen LogP contribution is 2.32. The summed E-state index contributed by atoms with van der Waals surface area (Å²) < 4.78 is 21.3. The van der Waals surface area contributed by atoms with Crippen molar-refractivity contribution in [3.05, 3.63) is 53.6 Å². The fourth-order valence-electron chi connectivity index (χ4n) is 3.28. The maximum atomic E-state index is 12.0. The fourth-order valence-corrected chi connectivity index (χ4v) is 3.28. The van der Waals surface area contributed by atoms with Gasteiger partial charge in [-0.2, -0.15) is 0 Å². The first-order chi connectivity index (χ1) is 15.1. The van der Waals surface area contributed by atoms with E-state index in [0.29, 0.717) is 12.3 Å². The Morgan fingerprint density at radius 3 is 2.68 bits per heavy atom. The van der Waals surface area contributed by atoms with Crippen molar-refractivity contribution in [2.24, 2.45) is 0 Å². The molecule has 31 heavy (non-hydrogen) atoms. The molecule has 0 bridgehead atoms. The van der Waals surface area contributed by atoms with Gasteiger partial charge in [0.2, 0.25) is 12.7 Å². The van der Waals surface area contributed by atoms with E-state index in [2.05, 4.69) is 23.3 Å². The SMILES string of the molecule is COc1ccc(CCN(C)CCCNC(=O)C=Cc2ccc3c(c2)OCO3)cc1OC. The molecule has 2 aromatic carbocycles. The van der Waals surface area contributed by atoms with Gasteiger partial charge in [0.1, 0.15) is 0 Å². The van der Waals surface area contributed by atoms with Crippen molar-refractivity contribution in [1.82, 2.24) is 10.2 Å². The van der Waals surface area contributed by atoms with Gasteiger partial charge in [-0.15, -0.1) is 0 Å². The van der Waals surface area contributed by atoms with Gasteiger partial charge in [-0.1, -0.05) is 12.1 Å². The first-order valence-electron chi connectivity index (χ1n) is 10.3. The van der Waals surface area contributed by atoms with Crippen LogP contribution in [0.3, 0.4) is 0 Å². The summed E-state index contributed by atoms with van der Waals surface area (Å²) in [5.41, 5.74) is 2.10. The summed E-state index contributed by atoms with van der Waals surface area (Å²) in [5.74, 6) is 2.82. The number of ether oxygens (including phenoxy) is 4. The average Bonchev–Trinajstić information content (AvgIpc) is 3.26. The molecule has 0 atom stereocenters. The molecule has 2 aromatic rings. The van der Waals surface area contributed by atoms with Gasteiger partial charge in [0.25, 0.3) is 0 Å². The van der Waals surface area contributed by atoms with Crippen molar-refractivity contribution in [2.75, 3.05) is 47.7 Å². The van der Waals surface area contributed by atoms with Crippen LogP contribution in [0.2, 0.25) is 0 Å². The van der Waals surface area contributed by atoms with Crippen LogP contribution < -0.4 is 24.3 Å². The zero-order valence-corrected chi connectivity index (χ0v) is 18.3. The van der Waals surface area contributed by atoms with Gasteiger partial charge in [0.15, 0.2) is 23.0 Å². The molecule has 0 aromatic heterocycles. The van der Waals surface area contributed by atoms with Crippen LogP contribution >= 0.6 is 0 Å². The average molecular weight is 427 g/mol. The Morgan fingerprint density at radius 1 is 1.06 bits per heavy atom. The lowest BCUT2D eigenvalue weighted by Crippen LogP contribution is -2.28. The van der Waals surface area contributed by atoms with Crippen LogP contribution in [0.5, 0.6) is 23.0 Å². The second kappa shape index (κ2) is 11.3. The molecule has 0 spiro atoms. The fraction of sp³-hybridized carbons (Fsp3) is 0.375. The minimum Gasteiger partial charge on any atom is -0.493 e. The second-order valence-corrected chi connectivity index (χ2v) is 7.33. The van der Waals surface area contributed by atoms with Crippen LogP contribution in [0.15, 0.2) is 42.5 Å². The minimum atomic E-state index is -0.106. The van der Waals surface area contributed by atoms with E-state index in [4.69, 9.17) is 18.9 Å². The van der Waals surface area contributed by atoms with Crippen LogP contribution in [0.1, 0.15) is 17.5 Å². The van der Waals surface area contributed by atoms with Gasteiger partial charge in [-0.25, -0.2) is 0 Å². The normalized spacial score (nSPS) is 12.4. The number of carbonyl (C=O) groups excluding carboxylic acids is 1. The first kappa shape index (κ1) is 22.5. The Bertz CT molecular complexity index is 913. The molecule has 0 fully saturated rings. The van der Waals surface area contributed by atoms with Crippen molar-refractivity contribution < 1.29 is 23.7 Å². The van der Waals surface area contributed by atoms with Gasteiger partial charge in [0, 0.05) is 19.2 Å². The highest BCUT2D eigenvalue weighted by atomic mass is 16.7. The summed E-state index contributed by atoms with van der Waals surface area (Å²) in [6.07, 6.45) is 5.11. The maximum Gasteiger partial charge on any atom is 0.243 e. The molecule has 7 heteroatoms. The Kier molecular flexibility index (Phi) is 8.18. The monoisotopic (exact) mass is 426 g/mol. The van der Waals surface area contributed by atoms with Crippen molar-refractivity contribution in [3.63, 3.8) is 0 Å². The van der Waals surface area contributed by atoms with E-state index in [9.17, 15) is 4.79 Å². The van der Waals surface area contributed by atoms with Crippen molar-refractivity contribution in [3.8, 4) is 23.0 Å². The Labute approximate surface area is 183 Å². The molecule has 0 saturated heterocycles. The van der Waals surface area contributed by atoms with Crippen LogP contribution in [0.4, 0.5) is 0 Å². The van der Waals surface area contributed by atoms with Crippen molar-refractivity contribution in [2.45, 2.75) is 12.8 Å². The van der Waals surface area contributed by atoms with Crippen molar-refractivity contribution in [1.29, 1.82) is 0 Å². The molecule has 1 amide bonds. The molecule has 3 rings (SSSR count). The standard InChI is InChI=1S/C24H30N2O5/c1-26(14-11-19-5-8-20(28-2)22(15-19)29-3)13-4-12-25-24(27)10-7-18-6-9-21-23(16-18)31-17-30-21/h5-10,15-16H,4,11-14,17H2,1-3H3,(H,25,27). The summed E-state index contributed by atoms with van der Waals surface area (Å²) in [6, 6.07) is 11.6. The third-order valence-corrected chi connectivity index (χ3v) is 5.07. The number of nitrogens with one attached hydrogen (secondary N) is 1. The lowest BCUT2D eigenvalue weighted by Gasteiger charge is -2.17. The number of carbonyl (C=O) groups is 1. The van der Waals surface area contributed by atoms with Crippen LogP contribution in [-0.2, 0) is 11.2 Å². The number of likely N-dealkylation sites (N-methyl/N-ethyl adjacent to an activating group) is 1. The highest BCUT2D eigenvalue weighted by Gasteiger charge is 2.12. The zero-order valence-electron chi connectivity index (χ0n) is 18.3. The molecule has 0 aliphatic carbocycles. The van der Waals surface area contributed by atoms with E-state index < -0.39 is 0 Å². The van der Waals surface area contributed by atoms with Crippen LogP contribution in [0.25, 0.3) is 6.08 Å². The molecule has 1 heterocycles. The summed E-state index contributed by atoms with van der Waals surface area (Å²) in [6.45, 7) is 2.70. The number of methoxy groups -OCH3 is 2. The summed E-state index contributed by atoms with van der Waals surface area (Å²) in [4.78, 5) is 14.3. The number of benzene rings is 2. The molecular formula is C24H30N2O5. The number of nitrogens with zero attached hydrogens (tertiary/aromatic N) is 1. The third-order valence-electron chi connectivity index (χ3n) is 5.07. The van der Waals surface area contributed by atoms with Crippen LogP contribution in [0, 0.1) is 0 Å². The molecule has 0 saturated carbocycles. The first-order valence-corrected chi connectivity index (χ1v) is 10.3. The van der Waals surface area contributed by atoms with Gasteiger partial charge < -0.3 is 29.2 Å². The predicted molar refractivity (Wildman–Crippen MR) is 120 cm³/mol. The molecule has 7 nitrogen and oxygen atoms in total. The smallest absolute Gasteiger partial charge is 0.243 e. The van der Waals surface area contributed by atoms with E-state index in [-0.39, 0.29) is 12.7 Å². The molecule has 0 unspecified atom stereocenters. The van der Waals surface area contributed by atoms with E-state index in [0.717, 1.165) is 48.7 Å². The quantitative estimate of drug-likeness (QED) is 0.440. The van der Waals surface area contributed by atoms with Gasteiger partial charge in [0.05, 0.1) is 14.2 Å². The summed E-state index contributed by atoms with van der Waals surface area (Å²) >= 11 is 0. The number of fused-ring (bicyclic) bond motifs is 1. The Balaban J connectivity index is 1.33. The molecule has 1 aliphatic rings. The maximum absolute atomic E-state index is 12.0. The van der Waals surface area contributed by atoms with E-state index in [1.54, 1.807) is 20.3 Å². The summed E-state index contributed by atoms with van der Waals surface area (Å²) in [5, 5.41) is 2.92. The van der Waals surface area contributed by atoms with Crippen LogP contribution in [-0.4, -0.2) is 58.5 Å². The summed E-state index contributed by atoms with van der Waals surface area (Å²) in [7, 11) is 5.37. The Hall–Kier alpha value is -3.19. The molecule has 1 N–H and O–H groups in total. The van der Waals surface area contributed by atoms with E-state index in [1.165, 1.54) is 11.6 Å². The minimum absolute atomic E-state index is 0.106. The number of amides is 1. The Morgan fingerprint density at radius 2 is 1.87 bits per heavy atom. The lowest BCUT2D eigenvalue weighted by molar-refractivity contribution is -0.116. The number of rotatable bonds is 11. The molecule has 0 radical (unpaired) electrons. The molecular weight excluding hydrogens is 396 g/mol. The third kappa shape index (κ3) is 6.65. The number of hydrogen-bond acceptors (Lipinski definition) is 6. The van der Waals surface area contributed by atoms with Gasteiger partial charge in [-0.3, -0.25) is 4.79 Å². The predicted octanol–water partition coefficient (Wildman–Crippen LogP) is 3.13. The largest absolute Gasteiger partial charge is 0.493 e. The van der Waals surface area contributed by atoms with E-state index >= 15 is 0 Å². The van der Waals surface area contributed by atoms with Crippen molar-refractivity contribution >= 4 is 12.0 Å².